The van der Waals surface area contributed by atoms with Crippen LogP contribution in [0.15, 0.2) is 35.2 Å². The molecule has 0 saturated heterocycles. The molecule has 6 heteroatoms. The van der Waals surface area contributed by atoms with Crippen molar-refractivity contribution in [2.75, 3.05) is 12.4 Å². The standard InChI is InChI=1S/C11H12N4O2/c1-12-10-9(3-2-5-13-10)11(16)14-7-8-4-6-17-15-8/h2-6H,7H2,1H3,(H,12,13)(H,14,16). The normalized spacial score (nSPS) is 9.94. The number of nitrogens with one attached hydrogen (secondary N) is 2. The number of carbonyl (C=O) groups is 1. The van der Waals surface area contributed by atoms with Crippen LogP contribution in [-0.2, 0) is 6.54 Å². The maximum absolute atomic E-state index is 11.9. The largest absolute Gasteiger partial charge is 0.372 e. The van der Waals surface area contributed by atoms with Gasteiger partial charge in [-0.1, -0.05) is 5.16 Å². The van der Waals surface area contributed by atoms with Crippen molar-refractivity contribution in [3.05, 3.63) is 41.9 Å². The molecule has 6 nitrogen and oxygen atoms in total. The third-order valence-corrected chi connectivity index (χ3v) is 2.21. The first kappa shape index (κ1) is 11.1. The lowest BCUT2D eigenvalue weighted by molar-refractivity contribution is 0.0950. The van der Waals surface area contributed by atoms with Gasteiger partial charge in [-0.05, 0) is 12.1 Å². The lowest BCUT2D eigenvalue weighted by Crippen LogP contribution is -2.24. The van der Waals surface area contributed by atoms with Crippen molar-refractivity contribution in [1.29, 1.82) is 0 Å². The van der Waals surface area contributed by atoms with Crippen LogP contribution in [0.3, 0.4) is 0 Å². The van der Waals surface area contributed by atoms with E-state index in [2.05, 4.69) is 25.3 Å². The number of carbonyl (C=O) groups excluding carboxylic acids is 1. The second kappa shape index (κ2) is 5.11. The highest BCUT2D eigenvalue weighted by atomic mass is 16.5. The maximum Gasteiger partial charge on any atom is 0.255 e. The Morgan fingerprint density at radius 3 is 3.06 bits per heavy atom. The summed E-state index contributed by atoms with van der Waals surface area (Å²) in [6.07, 6.45) is 3.09. The first-order chi connectivity index (χ1) is 8.31. The monoisotopic (exact) mass is 232 g/mol. The zero-order valence-corrected chi connectivity index (χ0v) is 9.30. The minimum absolute atomic E-state index is 0.203. The van der Waals surface area contributed by atoms with E-state index in [0.29, 0.717) is 23.6 Å². The Labute approximate surface area is 98.0 Å². The van der Waals surface area contributed by atoms with Gasteiger partial charge in [0, 0.05) is 19.3 Å². The smallest absolute Gasteiger partial charge is 0.255 e. The highest BCUT2D eigenvalue weighted by molar-refractivity contribution is 5.98. The molecule has 1 amide bonds. The van der Waals surface area contributed by atoms with Crippen LogP contribution < -0.4 is 10.6 Å². The summed E-state index contributed by atoms with van der Waals surface area (Å²) in [5, 5.41) is 9.30. The van der Waals surface area contributed by atoms with Gasteiger partial charge in [-0.25, -0.2) is 4.98 Å². The molecule has 2 heterocycles. The predicted molar refractivity (Wildman–Crippen MR) is 61.5 cm³/mol. The number of hydrogen-bond donors (Lipinski definition) is 2. The molecular weight excluding hydrogens is 220 g/mol. The average Bonchev–Trinajstić information content (AvgIpc) is 2.89. The molecule has 2 aromatic heterocycles. The second-order valence-corrected chi connectivity index (χ2v) is 3.32. The minimum atomic E-state index is -0.203. The van der Waals surface area contributed by atoms with Crippen molar-refractivity contribution in [3.63, 3.8) is 0 Å². The fraction of sp³-hybridized carbons (Fsp3) is 0.182. The van der Waals surface area contributed by atoms with Crippen molar-refractivity contribution in [1.82, 2.24) is 15.5 Å². The van der Waals surface area contributed by atoms with Crippen LogP contribution >= 0.6 is 0 Å². The average molecular weight is 232 g/mol. The summed E-state index contributed by atoms with van der Waals surface area (Å²) in [5.74, 6) is 0.343. The maximum atomic E-state index is 11.9. The van der Waals surface area contributed by atoms with Gasteiger partial charge >= 0.3 is 0 Å². The third-order valence-electron chi connectivity index (χ3n) is 2.21. The quantitative estimate of drug-likeness (QED) is 0.823. The Bertz CT molecular complexity index is 496. The fourth-order valence-corrected chi connectivity index (χ4v) is 1.38. The molecule has 88 valence electrons. The number of aromatic nitrogens is 2. The van der Waals surface area contributed by atoms with E-state index in [1.807, 2.05) is 0 Å². The number of anilines is 1. The summed E-state index contributed by atoms with van der Waals surface area (Å²) in [6, 6.07) is 5.12. The number of hydrogen-bond acceptors (Lipinski definition) is 5. The van der Waals surface area contributed by atoms with Gasteiger partial charge in [0.05, 0.1) is 12.1 Å². The lowest BCUT2D eigenvalue weighted by atomic mass is 10.2. The summed E-state index contributed by atoms with van der Waals surface area (Å²) < 4.78 is 4.67. The van der Waals surface area contributed by atoms with Gasteiger partial charge < -0.3 is 15.2 Å². The van der Waals surface area contributed by atoms with Crippen LogP contribution in [0.2, 0.25) is 0 Å². The van der Waals surface area contributed by atoms with Gasteiger partial charge in [0.15, 0.2) is 0 Å². The van der Waals surface area contributed by atoms with E-state index in [4.69, 9.17) is 0 Å². The van der Waals surface area contributed by atoms with Gasteiger partial charge in [0.25, 0.3) is 5.91 Å². The van der Waals surface area contributed by atoms with E-state index in [9.17, 15) is 4.79 Å². The molecule has 0 unspecified atom stereocenters. The van der Waals surface area contributed by atoms with E-state index in [1.165, 1.54) is 6.26 Å². The summed E-state index contributed by atoms with van der Waals surface area (Å²) >= 11 is 0. The molecule has 2 rings (SSSR count). The SMILES string of the molecule is CNc1ncccc1C(=O)NCc1ccon1. The van der Waals surface area contributed by atoms with Crippen molar-refractivity contribution in [2.24, 2.45) is 0 Å². The third kappa shape index (κ3) is 2.60. The van der Waals surface area contributed by atoms with Crippen LogP contribution in [0.4, 0.5) is 5.82 Å². The van der Waals surface area contributed by atoms with E-state index in [0.717, 1.165) is 0 Å². The molecule has 0 bridgehead atoms. The second-order valence-electron chi connectivity index (χ2n) is 3.32. The minimum Gasteiger partial charge on any atom is -0.372 e. The number of amides is 1. The van der Waals surface area contributed by atoms with Gasteiger partial charge in [0.2, 0.25) is 0 Å². The van der Waals surface area contributed by atoms with E-state index >= 15 is 0 Å². The van der Waals surface area contributed by atoms with Crippen LogP contribution in [0.25, 0.3) is 0 Å². The molecule has 0 radical (unpaired) electrons. The molecule has 0 aliphatic rings. The molecule has 0 spiro atoms. The fourth-order valence-electron chi connectivity index (χ4n) is 1.38. The van der Waals surface area contributed by atoms with Crippen LogP contribution in [0, 0.1) is 0 Å². The Morgan fingerprint density at radius 1 is 1.47 bits per heavy atom. The molecule has 0 aliphatic carbocycles. The molecule has 0 atom stereocenters. The van der Waals surface area contributed by atoms with E-state index in [1.54, 1.807) is 31.4 Å². The van der Waals surface area contributed by atoms with E-state index in [-0.39, 0.29) is 5.91 Å². The first-order valence-electron chi connectivity index (χ1n) is 5.11. The first-order valence-corrected chi connectivity index (χ1v) is 5.11. The number of pyridine rings is 1. The Hall–Kier alpha value is -2.37. The molecular formula is C11H12N4O2. The van der Waals surface area contributed by atoms with Gasteiger partial charge in [-0.2, -0.15) is 0 Å². The Kier molecular flexibility index (Phi) is 3.34. The van der Waals surface area contributed by atoms with Crippen molar-refractivity contribution in [3.8, 4) is 0 Å². The topological polar surface area (TPSA) is 80.0 Å². The van der Waals surface area contributed by atoms with Crippen molar-refractivity contribution < 1.29 is 9.32 Å². The molecule has 0 aliphatic heterocycles. The molecule has 0 aromatic carbocycles. The lowest BCUT2D eigenvalue weighted by Gasteiger charge is -2.07. The molecule has 17 heavy (non-hydrogen) atoms. The molecule has 0 saturated carbocycles. The molecule has 2 N–H and O–H groups in total. The summed E-state index contributed by atoms with van der Waals surface area (Å²) in [7, 11) is 1.72. The Morgan fingerprint density at radius 2 is 2.35 bits per heavy atom. The highest BCUT2D eigenvalue weighted by Crippen LogP contribution is 2.10. The molecule has 2 aromatic rings. The molecule has 0 fully saturated rings. The summed E-state index contributed by atoms with van der Waals surface area (Å²) in [4.78, 5) is 15.9. The van der Waals surface area contributed by atoms with Crippen molar-refractivity contribution >= 4 is 11.7 Å². The van der Waals surface area contributed by atoms with Crippen molar-refractivity contribution in [2.45, 2.75) is 6.54 Å². The summed E-state index contributed by atoms with van der Waals surface area (Å²) in [6.45, 7) is 0.327. The van der Waals surface area contributed by atoms with Gasteiger partial charge in [-0.15, -0.1) is 0 Å². The number of nitrogens with zero attached hydrogens (tertiary/aromatic N) is 2. The predicted octanol–water partition coefficient (Wildman–Crippen LogP) is 1.04. The van der Waals surface area contributed by atoms with Gasteiger partial charge in [-0.3, -0.25) is 4.79 Å². The number of rotatable bonds is 4. The zero-order chi connectivity index (χ0) is 12.1. The van der Waals surface area contributed by atoms with Crippen LogP contribution in [0.5, 0.6) is 0 Å². The Balaban J connectivity index is 2.04. The summed E-state index contributed by atoms with van der Waals surface area (Å²) in [5.41, 5.74) is 1.17. The highest BCUT2D eigenvalue weighted by Gasteiger charge is 2.11. The van der Waals surface area contributed by atoms with E-state index < -0.39 is 0 Å². The zero-order valence-electron chi connectivity index (χ0n) is 9.30. The van der Waals surface area contributed by atoms with Crippen LogP contribution in [-0.4, -0.2) is 23.1 Å². The van der Waals surface area contributed by atoms with Gasteiger partial charge in [0.1, 0.15) is 17.8 Å². The van der Waals surface area contributed by atoms with Crippen LogP contribution in [0.1, 0.15) is 16.1 Å².